The number of aliphatic hydroxyl groups is 1. The molecule has 0 aliphatic carbocycles. The van der Waals surface area contributed by atoms with E-state index in [1.807, 2.05) is 6.92 Å². The first-order chi connectivity index (χ1) is 7.34. The van der Waals surface area contributed by atoms with Crippen molar-refractivity contribution < 1.29 is 24.5 Å². The lowest BCUT2D eigenvalue weighted by Gasteiger charge is -2.33. The van der Waals surface area contributed by atoms with E-state index in [9.17, 15) is 9.90 Å². The monoisotopic (exact) mass is 233 g/mol. The Kier molecular flexibility index (Phi) is 6.67. The molecule has 1 aliphatic rings. The van der Waals surface area contributed by atoms with Gasteiger partial charge in [-0.3, -0.25) is 14.9 Å². The van der Waals surface area contributed by atoms with Gasteiger partial charge >= 0.3 is 5.97 Å². The number of rotatable bonds is 1. The highest BCUT2D eigenvalue weighted by atomic mass is 16.6. The Balaban J connectivity index is 0.000000487. The maximum absolute atomic E-state index is 10.6. The Morgan fingerprint density at radius 3 is 2.25 bits per heavy atom. The average Bonchev–Trinajstić information content (AvgIpc) is 2.10. The molecule has 0 aromatic heterocycles. The molecule has 16 heavy (non-hydrogen) atoms. The summed E-state index contributed by atoms with van der Waals surface area (Å²) in [5, 5.41) is 19.7. The summed E-state index contributed by atoms with van der Waals surface area (Å²) < 4.78 is 4.96. The molecule has 1 fully saturated rings. The van der Waals surface area contributed by atoms with E-state index < -0.39 is 18.3 Å². The van der Waals surface area contributed by atoms with Gasteiger partial charge in [0.1, 0.15) is 12.3 Å². The first-order valence-electron chi connectivity index (χ1n) is 5.12. The van der Waals surface area contributed by atoms with E-state index in [1.165, 1.54) is 6.92 Å². The number of hydrogen-bond acceptors (Lipinski definition) is 5. The molecule has 3 unspecified atom stereocenters. The predicted octanol–water partition coefficient (Wildman–Crippen LogP) is -0.0432. The van der Waals surface area contributed by atoms with Crippen molar-refractivity contribution in [2.24, 2.45) is 5.92 Å². The van der Waals surface area contributed by atoms with Crippen molar-refractivity contribution in [3.63, 3.8) is 0 Å². The number of aliphatic hydroxyl groups excluding tert-OH is 1. The van der Waals surface area contributed by atoms with Crippen molar-refractivity contribution in [3.05, 3.63) is 0 Å². The standard InChI is InChI=1S/C8H15NO3.C2H4O2/c1-5-3-4-9-8(11)7(5)12-6(2)10;1-2(3)4/h5,7-9,11H,3-4H2,1-2H3;1H3,(H,3,4). The summed E-state index contributed by atoms with van der Waals surface area (Å²) in [6.45, 7) is 5.19. The lowest BCUT2D eigenvalue weighted by Crippen LogP contribution is -2.50. The van der Waals surface area contributed by atoms with Gasteiger partial charge in [0, 0.05) is 13.8 Å². The summed E-state index contributed by atoms with van der Waals surface area (Å²) in [4.78, 5) is 19.6. The number of carboxylic acids is 1. The van der Waals surface area contributed by atoms with Gasteiger partial charge in [0.2, 0.25) is 0 Å². The lowest BCUT2D eigenvalue weighted by molar-refractivity contribution is -0.161. The fraction of sp³-hybridized carbons (Fsp3) is 0.800. The molecule has 6 nitrogen and oxygen atoms in total. The number of carbonyl (C=O) groups excluding carboxylic acids is 1. The number of carboxylic acid groups (broad SMARTS) is 1. The average molecular weight is 233 g/mol. The highest BCUT2D eigenvalue weighted by Crippen LogP contribution is 2.18. The van der Waals surface area contributed by atoms with Crippen molar-refractivity contribution in [1.29, 1.82) is 0 Å². The first-order valence-corrected chi connectivity index (χ1v) is 5.12. The molecule has 1 aliphatic heterocycles. The highest BCUT2D eigenvalue weighted by molar-refractivity contribution is 5.66. The zero-order chi connectivity index (χ0) is 12.7. The first kappa shape index (κ1) is 14.9. The summed E-state index contributed by atoms with van der Waals surface area (Å²) in [6, 6.07) is 0. The van der Waals surface area contributed by atoms with Crippen LogP contribution in [0.25, 0.3) is 0 Å². The van der Waals surface area contributed by atoms with E-state index in [2.05, 4.69) is 5.32 Å². The normalized spacial score (nSPS) is 28.6. The molecule has 0 aromatic carbocycles. The third kappa shape index (κ3) is 6.36. The Bertz CT molecular complexity index is 229. The maximum Gasteiger partial charge on any atom is 0.303 e. The maximum atomic E-state index is 10.6. The molecule has 0 radical (unpaired) electrons. The van der Waals surface area contributed by atoms with E-state index in [-0.39, 0.29) is 11.9 Å². The van der Waals surface area contributed by atoms with E-state index in [0.717, 1.165) is 19.9 Å². The van der Waals surface area contributed by atoms with Crippen LogP contribution in [0.2, 0.25) is 0 Å². The van der Waals surface area contributed by atoms with Crippen molar-refractivity contribution in [2.45, 2.75) is 39.5 Å². The minimum absolute atomic E-state index is 0.227. The molecular weight excluding hydrogens is 214 g/mol. The number of aliphatic carboxylic acids is 1. The molecular formula is C10H19NO5. The van der Waals surface area contributed by atoms with E-state index in [4.69, 9.17) is 14.6 Å². The summed E-state index contributed by atoms with van der Waals surface area (Å²) in [5.41, 5.74) is 0. The molecule has 0 bridgehead atoms. The van der Waals surface area contributed by atoms with Crippen molar-refractivity contribution in [3.8, 4) is 0 Å². The summed E-state index contributed by atoms with van der Waals surface area (Å²) >= 11 is 0. The van der Waals surface area contributed by atoms with E-state index in [0.29, 0.717) is 0 Å². The van der Waals surface area contributed by atoms with Gasteiger partial charge in [0.05, 0.1) is 0 Å². The zero-order valence-corrected chi connectivity index (χ0v) is 9.77. The Labute approximate surface area is 94.6 Å². The zero-order valence-electron chi connectivity index (χ0n) is 9.77. The smallest absolute Gasteiger partial charge is 0.303 e. The molecule has 3 atom stereocenters. The van der Waals surface area contributed by atoms with Crippen LogP contribution in [0.1, 0.15) is 27.2 Å². The molecule has 94 valence electrons. The van der Waals surface area contributed by atoms with Crippen LogP contribution in [0.15, 0.2) is 0 Å². The Hall–Kier alpha value is -1.14. The molecule has 0 aromatic rings. The van der Waals surface area contributed by atoms with Crippen LogP contribution in [0.3, 0.4) is 0 Å². The van der Waals surface area contributed by atoms with E-state index >= 15 is 0 Å². The van der Waals surface area contributed by atoms with Gasteiger partial charge in [-0.1, -0.05) is 6.92 Å². The lowest BCUT2D eigenvalue weighted by atomic mass is 9.96. The number of esters is 1. The third-order valence-electron chi connectivity index (χ3n) is 2.13. The van der Waals surface area contributed by atoms with Crippen molar-refractivity contribution in [2.75, 3.05) is 6.54 Å². The van der Waals surface area contributed by atoms with Gasteiger partial charge in [0.15, 0.2) is 0 Å². The summed E-state index contributed by atoms with van der Waals surface area (Å²) in [5.74, 6) is -0.945. The fourth-order valence-electron chi connectivity index (χ4n) is 1.42. The number of hydrogen-bond donors (Lipinski definition) is 3. The van der Waals surface area contributed by atoms with Gasteiger partial charge in [-0.15, -0.1) is 0 Å². The third-order valence-corrected chi connectivity index (χ3v) is 2.13. The predicted molar refractivity (Wildman–Crippen MR) is 56.7 cm³/mol. The van der Waals surface area contributed by atoms with Crippen LogP contribution >= 0.6 is 0 Å². The van der Waals surface area contributed by atoms with Gasteiger partial charge < -0.3 is 14.9 Å². The van der Waals surface area contributed by atoms with Gasteiger partial charge in [0.25, 0.3) is 5.97 Å². The molecule has 0 spiro atoms. The molecule has 1 rings (SSSR count). The minimum Gasteiger partial charge on any atom is -0.481 e. The number of piperidine rings is 1. The quantitative estimate of drug-likeness (QED) is 0.550. The Morgan fingerprint density at radius 1 is 1.38 bits per heavy atom. The second-order valence-electron chi connectivity index (χ2n) is 3.76. The molecule has 0 amide bonds. The number of ether oxygens (including phenoxy) is 1. The fourth-order valence-corrected chi connectivity index (χ4v) is 1.42. The van der Waals surface area contributed by atoms with Crippen LogP contribution < -0.4 is 5.32 Å². The van der Waals surface area contributed by atoms with Crippen LogP contribution in [-0.4, -0.2) is 41.0 Å². The highest BCUT2D eigenvalue weighted by Gasteiger charge is 2.31. The van der Waals surface area contributed by atoms with Crippen LogP contribution in [0.5, 0.6) is 0 Å². The van der Waals surface area contributed by atoms with Gasteiger partial charge in [-0.05, 0) is 18.9 Å². The second kappa shape index (κ2) is 7.19. The van der Waals surface area contributed by atoms with E-state index in [1.54, 1.807) is 0 Å². The minimum atomic E-state index is -0.833. The molecule has 0 saturated carbocycles. The topological polar surface area (TPSA) is 95.9 Å². The second-order valence-corrected chi connectivity index (χ2v) is 3.76. The SMILES string of the molecule is CC(=O)O.CC(=O)OC1C(C)CCNC1O. The molecule has 1 saturated heterocycles. The van der Waals surface area contributed by atoms with Crippen LogP contribution in [0.4, 0.5) is 0 Å². The van der Waals surface area contributed by atoms with Gasteiger partial charge in [-0.2, -0.15) is 0 Å². The molecule has 3 N–H and O–H groups in total. The van der Waals surface area contributed by atoms with Gasteiger partial charge in [-0.25, -0.2) is 0 Å². The van der Waals surface area contributed by atoms with Crippen molar-refractivity contribution in [1.82, 2.24) is 5.32 Å². The van der Waals surface area contributed by atoms with Crippen molar-refractivity contribution >= 4 is 11.9 Å². The molecule has 1 heterocycles. The number of carbonyl (C=O) groups is 2. The number of nitrogens with one attached hydrogen (secondary N) is 1. The van der Waals surface area contributed by atoms with Crippen LogP contribution in [0, 0.1) is 5.92 Å². The Morgan fingerprint density at radius 2 is 1.88 bits per heavy atom. The largest absolute Gasteiger partial charge is 0.481 e. The van der Waals surface area contributed by atoms with Crippen LogP contribution in [-0.2, 0) is 14.3 Å². The summed E-state index contributed by atoms with van der Waals surface area (Å²) in [7, 11) is 0. The molecule has 6 heteroatoms. The summed E-state index contributed by atoms with van der Waals surface area (Å²) in [6.07, 6.45) is -0.177.